The molecule has 1 aliphatic heterocycles. The Bertz CT molecular complexity index is 654. The molecule has 1 aromatic carbocycles. The summed E-state index contributed by atoms with van der Waals surface area (Å²) in [7, 11) is 0. The Morgan fingerprint density at radius 3 is 2.58 bits per heavy atom. The van der Waals surface area contributed by atoms with Crippen molar-refractivity contribution in [1.82, 2.24) is 10.6 Å². The molecule has 0 fully saturated rings. The Kier molecular flexibility index (Phi) is 5.43. The van der Waals surface area contributed by atoms with Gasteiger partial charge in [-0.1, -0.05) is 12.1 Å². The van der Waals surface area contributed by atoms with E-state index < -0.39 is 18.4 Å². The lowest BCUT2D eigenvalue weighted by Gasteiger charge is -2.32. The minimum atomic E-state index is -1.13. The number of aliphatic carboxylic acids is 1. The monoisotopic (exact) mass is 334 g/mol. The highest BCUT2D eigenvalue weighted by Crippen LogP contribution is 2.33. The topological polar surface area (TPSA) is 105 Å². The molecule has 7 nitrogen and oxygen atoms in total. The van der Waals surface area contributed by atoms with Gasteiger partial charge in [0.15, 0.2) is 0 Å². The maximum absolute atomic E-state index is 11.9. The number of hydrogen-bond acceptors (Lipinski definition) is 4. The molecule has 2 amide bonds. The summed E-state index contributed by atoms with van der Waals surface area (Å²) >= 11 is 0. The molecule has 0 spiro atoms. The molecular weight excluding hydrogens is 312 g/mol. The highest BCUT2D eigenvalue weighted by Gasteiger charge is 2.26. The highest BCUT2D eigenvalue weighted by molar-refractivity contribution is 5.87. The van der Waals surface area contributed by atoms with Gasteiger partial charge in [0, 0.05) is 0 Å². The minimum absolute atomic E-state index is 0.156. The quantitative estimate of drug-likeness (QED) is 0.708. The molecule has 0 saturated carbocycles. The van der Waals surface area contributed by atoms with Crippen molar-refractivity contribution in [3.63, 3.8) is 0 Å². The zero-order chi connectivity index (χ0) is 17.7. The smallest absolute Gasteiger partial charge is 0.322 e. The third-order valence-electron chi connectivity index (χ3n) is 3.76. The van der Waals surface area contributed by atoms with Crippen molar-refractivity contribution >= 4 is 17.8 Å². The number of carbonyl (C=O) groups excluding carboxylic acids is 2. The number of nitrogens with one attached hydrogen (secondary N) is 2. The molecule has 1 aliphatic rings. The molecule has 130 valence electrons. The van der Waals surface area contributed by atoms with Crippen LogP contribution in [0.4, 0.5) is 0 Å². The zero-order valence-electron chi connectivity index (χ0n) is 13.8. The first-order valence-corrected chi connectivity index (χ1v) is 7.81. The second-order valence-corrected chi connectivity index (χ2v) is 6.43. The van der Waals surface area contributed by atoms with Crippen molar-refractivity contribution in [1.29, 1.82) is 0 Å². The fraction of sp³-hybridized carbons (Fsp3) is 0.471. The van der Waals surface area contributed by atoms with E-state index in [-0.39, 0.29) is 24.5 Å². The second kappa shape index (κ2) is 7.33. The lowest BCUT2D eigenvalue weighted by molar-refractivity contribution is -0.137. The van der Waals surface area contributed by atoms with E-state index in [0.29, 0.717) is 0 Å². The molecule has 0 aromatic heterocycles. The van der Waals surface area contributed by atoms with Crippen molar-refractivity contribution in [3.05, 3.63) is 29.3 Å². The van der Waals surface area contributed by atoms with E-state index in [1.165, 1.54) is 0 Å². The third-order valence-corrected chi connectivity index (χ3v) is 3.76. The maximum atomic E-state index is 11.9. The highest BCUT2D eigenvalue weighted by atomic mass is 16.5. The van der Waals surface area contributed by atoms with Gasteiger partial charge in [-0.15, -0.1) is 0 Å². The Hall–Kier alpha value is -2.57. The van der Waals surface area contributed by atoms with E-state index in [9.17, 15) is 14.4 Å². The summed E-state index contributed by atoms with van der Waals surface area (Å²) in [6.45, 7) is 3.39. The van der Waals surface area contributed by atoms with Gasteiger partial charge in [0.05, 0.1) is 13.0 Å². The van der Waals surface area contributed by atoms with E-state index in [4.69, 9.17) is 9.84 Å². The van der Waals surface area contributed by atoms with Crippen LogP contribution in [0.15, 0.2) is 18.2 Å². The predicted octanol–water partition coefficient (Wildman–Crippen LogP) is 0.650. The van der Waals surface area contributed by atoms with Crippen molar-refractivity contribution in [3.8, 4) is 5.75 Å². The van der Waals surface area contributed by atoms with Gasteiger partial charge in [0.2, 0.25) is 11.8 Å². The van der Waals surface area contributed by atoms with Crippen LogP contribution in [-0.4, -0.2) is 41.6 Å². The molecule has 7 heteroatoms. The average molecular weight is 334 g/mol. The SMILES string of the molecule is CC1(C)CCc2cc(CC(=O)NCC(=O)NCC(=O)O)ccc2O1. The summed E-state index contributed by atoms with van der Waals surface area (Å²) in [6.07, 6.45) is 1.97. The molecule has 1 aromatic rings. The molecule has 0 aliphatic carbocycles. The normalized spacial score (nSPS) is 14.9. The molecular formula is C17H22N2O5. The Balaban J connectivity index is 1.84. The van der Waals surface area contributed by atoms with E-state index in [0.717, 1.165) is 29.7 Å². The molecule has 24 heavy (non-hydrogen) atoms. The number of carboxylic acids is 1. The van der Waals surface area contributed by atoms with Gasteiger partial charge in [0.1, 0.15) is 17.9 Å². The Morgan fingerprint density at radius 1 is 1.17 bits per heavy atom. The number of amides is 2. The van der Waals surface area contributed by atoms with Crippen LogP contribution in [0.3, 0.4) is 0 Å². The number of ether oxygens (including phenoxy) is 1. The van der Waals surface area contributed by atoms with Crippen LogP contribution >= 0.6 is 0 Å². The van der Waals surface area contributed by atoms with Crippen LogP contribution in [0.2, 0.25) is 0 Å². The van der Waals surface area contributed by atoms with Crippen LogP contribution < -0.4 is 15.4 Å². The van der Waals surface area contributed by atoms with Crippen molar-refractivity contribution < 1.29 is 24.2 Å². The van der Waals surface area contributed by atoms with Crippen LogP contribution in [0, 0.1) is 0 Å². The first kappa shape index (κ1) is 17.8. The third kappa shape index (κ3) is 5.26. The van der Waals surface area contributed by atoms with Gasteiger partial charge in [-0.05, 0) is 43.9 Å². The molecule has 1 heterocycles. The molecule has 2 rings (SSSR count). The van der Waals surface area contributed by atoms with E-state index in [2.05, 4.69) is 10.6 Å². The minimum Gasteiger partial charge on any atom is -0.488 e. The largest absolute Gasteiger partial charge is 0.488 e. The number of benzene rings is 1. The van der Waals surface area contributed by atoms with E-state index in [1.807, 2.05) is 32.0 Å². The zero-order valence-corrected chi connectivity index (χ0v) is 13.8. The first-order valence-electron chi connectivity index (χ1n) is 7.81. The lowest BCUT2D eigenvalue weighted by atomic mass is 9.93. The Morgan fingerprint density at radius 2 is 1.88 bits per heavy atom. The molecule has 0 atom stereocenters. The predicted molar refractivity (Wildman–Crippen MR) is 86.8 cm³/mol. The summed E-state index contributed by atoms with van der Waals surface area (Å²) < 4.78 is 5.90. The van der Waals surface area contributed by atoms with Crippen LogP contribution in [0.25, 0.3) is 0 Å². The first-order chi connectivity index (χ1) is 11.2. The maximum Gasteiger partial charge on any atom is 0.322 e. The number of carboxylic acid groups (broad SMARTS) is 1. The van der Waals surface area contributed by atoms with Crippen molar-refractivity contribution in [2.24, 2.45) is 0 Å². The summed E-state index contributed by atoms with van der Waals surface area (Å²) in [5.41, 5.74) is 1.76. The van der Waals surface area contributed by atoms with Crippen molar-refractivity contribution in [2.75, 3.05) is 13.1 Å². The number of carbonyl (C=O) groups is 3. The van der Waals surface area contributed by atoms with E-state index in [1.54, 1.807) is 0 Å². The van der Waals surface area contributed by atoms with Gasteiger partial charge < -0.3 is 20.5 Å². The van der Waals surface area contributed by atoms with Gasteiger partial charge in [-0.2, -0.15) is 0 Å². The van der Waals surface area contributed by atoms with Gasteiger partial charge >= 0.3 is 5.97 Å². The van der Waals surface area contributed by atoms with Crippen LogP contribution in [-0.2, 0) is 27.2 Å². The van der Waals surface area contributed by atoms with E-state index >= 15 is 0 Å². The standard InChI is InChI=1S/C17H22N2O5/c1-17(2)6-5-12-7-11(3-4-13(12)24-17)8-14(20)18-9-15(21)19-10-16(22)23/h3-4,7H,5-6,8-10H2,1-2H3,(H,18,20)(H,19,21)(H,22,23). The molecule has 3 N–H and O–H groups in total. The Labute approximate surface area is 140 Å². The molecule has 0 radical (unpaired) electrons. The summed E-state index contributed by atoms with van der Waals surface area (Å²) in [5.74, 6) is -1.11. The van der Waals surface area contributed by atoms with Gasteiger partial charge in [0.25, 0.3) is 0 Å². The molecule has 0 bridgehead atoms. The summed E-state index contributed by atoms with van der Waals surface area (Å²) in [5, 5.41) is 13.1. The second-order valence-electron chi connectivity index (χ2n) is 6.43. The number of hydrogen-bond donors (Lipinski definition) is 3. The lowest BCUT2D eigenvalue weighted by Crippen LogP contribution is -2.39. The fourth-order valence-electron chi connectivity index (χ4n) is 2.49. The molecule has 0 saturated heterocycles. The van der Waals surface area contributed by atoms with Gasteiger partial charge in [-0.3, -0.25) is 14.4 Å². The van der Waals surface area contributed by atoms with Crippen LogP contribution in [0.5, 0.6) is 5.75 Å². The summed E-state index contributed by atoms with van der Waals surface area (Å²) in [4.78, 5) is 33.6. The number of fused-ring (bicyclic) bond motifs is 1. The number of rotatable bonds is 6. The van der Waals surface area contributed by atoms with Crippen molar-refractivity contribution in [2.45, 2.75) is 38.7 Å². The summed E-state index contributed by atoms with van der Waals surface area (Å²) in [6, 6.07) is 5.66. The van der Waals surface area contributed by atoms with Gasteiger partial charge in [-0.25, -0.2) is 0 Å². The molecule has 0 unspecified atom stereocenters. The fourth-order valence-corrected chi connectivity index (χ4v) is 2.49. The number of aryl methyl sites for hydroxylation is 1. The van der Waals surface area contributed by atoms with Crippen LogP contribution in [0.1, 0.15) is 31.4 Å². The average Bonchev–Trinajstić information content (AvgIpc) is 2.50.